The Morgan fingerprint density at radius 1 is 1.19 bits per heavy atom. The molecule has 0 fully saturated rings. The molecule has 0 spiro atoms. The molecule has 0 saturated heterocycles. The number of aryl methyl sites for hydroxylation is 1. The summed E-state index contributed by atoms with van der Waals surface area (Å²) in [6.07, 6.45) is 0. The van der Waals surface area contributed by atoms with E-state index in [1.165, 1.54) is 16.8 Å². The lowest BCUT2D eigenvalue weighted by molar-refractivity contribution is 0.101. The number of benzene rings is 2. The summed E-state index contributed by atoms with van der Waals surface area (Å²) in [6, 6.07) is 11.0. The van der Waals surface area contributed by atoms with Crippen molar-refractivity contribution < 1.29 is 9.18 Å². The molecule has 26 heavy (non-hydrogen) atoms. The van der Waals surface area contributed by atoms with Crippen molar-refractivity contribution in [1.82, 2.24) is 14.8 Å². The number of halogens is 2. The van der Waals surface area contributed by atoms with Crippen LogP contribution in [-0.4, -0.2) is 34.8 Å². The molecule has 2 aromatic carbocycles. The number of hydrogen-bond acceptors (Lipinski definition) is 4. The van der Waals surface area contributed by atoms with Crippen LogP contribution in [0.3, 0.4) is 0 Å². The molecule has 1 amide bonds. The summed E-state index contributed by atoms with van der Waals surface area (Å²) in [5, 5.41) is 7.52. The molecule has 3 aromatic rings. The number of anilines is 2. The molecule has 0 aliphatic carbocycles. The Labute approximate surface area is 155 Å². The summed E-state index contributed by atoms with van der Waals surface area (Å²) in [7, 11) is 3.73. The third kappa shape index (κ3) is 3.67. The van der Waals surface area contributed by atoms with Gasteiger partial charge in [0.05, 0.1) is 17.1 Å². The quantitative estimate of drug-likeness (QED) is 0.757. The van der Waals surface area contributed by atoms with Crippen molar-refractivity contribution in [3.63, 3.8) is 0 Å². The fraction of sp³-hybridized carbons (Fsp3) is 0.167. The van der Waals surface area contributed by atoms with Gasteiger partial charge in [-0.3, -0.25) is 4.79 Å². The van der Waals surface area contributed by atoms with Crippen LogP contribution in [0.25, 0.3) is 5.69 Å². The minimum Gasteiger partial charge on any atom is -0.376 e. The van der Waals surface area contributed by atoms with Crippen LogP contribution < -0.4 is 10.2 Å². The highest BCUT2D eigenvalue weighted by Crippen LogP contribution is 2.28. The summed E-state index contributed by atoms with van der Waals surface area (Å²) < 4.78 is 14.6. The molecule has 1 heterocycles. The van der Waals surface area contributed by atoms with E-state index in [0.717, 1.165) is 5.69 Å². The maximum Gasteiger partial charge on any atom is 0.295 e. The van der Waals surface area contributed by atoms with Crippen molar-refractivity contribution in [3.05, 3.63) is 65.0 Å². The summed E-state index contributed by atoms with van der Waals surface area (Å²) in [5.74, 6) is -0.279. The lowest BCUT2D eigenvalue weighted by Crippen LogP contribution is -2.18. The molecule has 8 heteroatoms. The van der Waals surface area contributed by atoms with E-state index in [1.807, 2.05) is 25.1 Å². The average molecular weight is 374 g/mol. The van der Waals surface area contributed by atoms with E-state index in [2.05, 4.69) is 15.4 Å². The molecular formula is C18H17ClFN5O. The molecule has 0 bridgehead atoms. The Kier molecular flexibility index (Phi) is 4.90. The van der Waals surface area contributed by atoms with Crippen LogP contribution in [0.15, 0.2) is 42.5 Å². The first-order valence-electron chi connectivity index (χ1n) is 7.83. The number of carbonyl (C=O) groups is 1. The highest BCUT2D eigenvalue weighted by molar-refractivity contribution is 6.31. The van der Waals surface area contributed by atoms with Crippen molar-refractivity contribution >= 4 is 28.9 Å². The molecule has 1 N–H and O–H groups in total. The zero-order valence-corrected chi connectivity index (χ0v) is 15.3. The van der Waals surface area contributed by atoms with Crippen LogP contribution in [0.1, 0.15) is 16.4 Å². The second-order valence-electron chi connectivity index (χ2n) is 5.88. The smallest absolute Gasteiger partial charge is 0.295 e. The summed E-state index contributed by atoms with van der Waals surface area (Å²) in [5.41, 5.74) is 1.98. The minimum atomic E-state index is -0.459. The predicted octanol–water partition coefficient (Wildman–Crippen LogP) is 3.69. The second-order valence-corrected chi connectivity index (χ2v) is 6.32. The third-order valence-electron chi connectivity index (χ3n) is 3.73. The predicted molar refractivity (Wildman–Crippen MR) is 99.8 cm³/mol. The van der Waals surface area contributed by atoms with E-state index in [0.29, 0.717) is 22.2 Å². The average Bonchev–Trinajstić information content (AvgIpc) is 2.97. The Morgan fingerprint density at radius 3 is 2.54 bits per heavy atom. The number of amides is 1. The van der Waals surface area contributed by atoms with Gasteiger partial charge >= 0.3 is 0 Å². The van der Waals surface area contributed by atoms with Gasteiger partial charge in [0.25, 0.3) is 5.91 Å². The van der Waals surface area contributed by atoms with Crippen LogP contribution in [0, 0.1) is 12.7 Å². The molecule has 0 aliphatic heterocycles. The second kappa shape index (κ2) is 7.13. The van der Waals surface area contributed by atoms with Gasteiger partial charge in [-0.1, -0.05) is 11.6 Å². The first kappa shape index (κ1) is 17.9. The maximum absolute atomic E-state index is 13.1. The van der Waals surface area contributed by atoms with Gasteiger partial charge in [-0.05, 0) is 49.4 Å². The number of nitrogens with zero attached hydrogens (tertiary/aromatic N) is 4. The van der Waals surface area contributed by atoms with Crippen LogP contribution in [-0.2, 0) is 0 Å². The van der Waals surface area contributed by atoms with Crippen LogP contribution in [0.4, 0.5) is 15.8 Å². The van der Waals surface area contributed by atoms with Gasteiger partial charge in [0.15, 0.2) is 0 Å². The van der Waals surface area contributed by atoms with Crippen LogP contribution >= 0.6 is 11.6 Å². The van der Waals surface area contributed by atoms with Gasteiger partial charge in [-0.2, -0.15) is 0 Å². The number of aromatic nitrogens is 3. The number of rotatable bonds is 4. The van der Waals surface area contributed by atoms with Crippen LogP contribution in [0.5, 0.6) is 0 Å². The Balaban J connectivity index is 1.89. The highest BCUT2D eigenvalue weighted by Gasteiger charge is 2.17. The molecule has 3 rings (SSSR count). The maximum atomic E-state index is 13.1. The topological polar surface area (TPSA) is 63.1 Å². The zero-order chi connectivity index (χ0) is 18.8. The molecule has 1 aromatic heterocycles. The number of hydrogen-bond donors (Lipinski definition) is 1. The molecule has 0 radical (unpaired) electrons. The lowest BCUT2D eigenvalue weighted by atomic mass is 10.2. The zero-order valence-electron chi connectivity index (χ0n) is 14.5. The van der Waals surface area contributed by atoms with Crippen molar-refractivity contribution in [2.24, 2.45) is 0 Å². The Bertz CT molecular complexity index is 953. The molecule has 134 valence electrons. The molecule has 0 atom stereocenters. The fourth-order valence-corrected chi connectivity index (χ4v) is 2.66. The lowest BCUT2D eigenvalue weighted by Gasteiger charge is -2.17. The summed E-state index contributed by atoms with van der Waals surface area (Å²) >= 11 is 6.04. The van der Waals surface area contributed by atoms with Crippen LogP contribution in [0.2, 0.25) is 5.02 Å². The van der Waals surface area contributed by atoms with E-state index in [-0.39, 0.29) is 11.6 Å². The van der Waals surface area contributed by atoms with E-state index < -0.39 is 5.91 Å². The highest BCUT2D eigenvalue weighted by atomic mass is 35.5. The van der Waals surface area contributed by atoms with Crippen molar-refractivity contribution in [2.45, 2.75) is 6.92 Å². The van der Waals surface area contributed by atoms with Gasteiger partial charge < -0.3 is 10.2 Å². The van der Waals surface area contributed by atoms with E-state index in [9.17, 15) is 9.18 Å². The third-order valence-corrected chi connectivity index (χ3v) is 3.97. The minimum absolute atomic E-state index is 0.0107. The van der Waals surface area contributed by atoms with Gasteiger partial charge in [-0.25, -0.2) is 14.1 Å². The first-order valence-corrected chi connectivity index (χ1v) is 8.21. The van der Waals surface area contributed by atoms with Crippen molar-refractivity contribution in [2.75, 3.05) is 24.3 Å². The molecule has 0 saturated carbocycles. The Morgan fingerprint density at radius 2 is 1.88 bits per heavy atom. The van der Waals surface area contributed by atoms with Crippen molar-refractivity contribution in [3.8, 4) is 5.69 Å². The van der Waals surface area contributed by atoms with Crippen molar-refractivity contribution in [1.29, 1.82) is 0 Å². The molecule has 6 nitrogen and oxygen atoms in total. The largest absolute Gasteiger partial charge is 0.376 e. The number of nitrogens with one attached hydrogen (secondary N) is 1. The summed E-state index contributed by atoms with van der Waals surface area (Å²) in [4.78, 5) is 18.6. The van der Waals surface area contributed by atoms with Gasteiger partial charge in [0, 0.05) is 19.1 Å². The van der Waals surface area contributed by atoms with E-state index in [1.54, 1.807) is 31.2 Å². The molecule has 0 unspecified atom stereocenters. The van der Waals surface area contributed by atoms with Gasteiger partial charge in [-0.15, -0.1) is 5.10 Å². The Hall–Kier alpha value is -2.93. The van der Waals surface area contributed by atoms with E-state index >= 15 is 0 Å². The molecule has 0 aliphatic rings. The summed E-state index contributed by atoms with van der Waals surface area (Å²) in [6.45, 7) is 1.72. The van der Waals surface area contributed by atoms with E-state index in [4.69, 9.17) is 11.6 Å². The SMILES string of the molecule is Cc1nc(C(=O)Nc2cc(Cl)ccc2N(C)C)nn1-c1ccc(F)cc1. The standard InChI is InChI=1S/C18H17ClFN5O/c1-11-21-17(23-25(11)14-7-5-13(20)6-8-14)18(26)22-15-10-12(19)4-9-16(15)24(2)3/h4-10H,1-3H3,(H,22,26). The first-order chi connectivity index (χ1) is 12.3. The number of carbonyl (C=O) groups excluding carboxylic acids is 1. The van der Waals surface area contributed by atoms with Gasteiger partial charge in [0.2, 0.25) is 5.82 Å². The molecular weight excluding hydrogens is 357 g/mol. The fourth-order valence-electron chi connectivity index (χ4n) is 2.49. The normalized spacial score (nSPS) is 10.7. The van der Waals surface area contributed by atoms with Gasteiger partial charge in [0.1, 0.15) is 11.6 Å². The monoisotopic (exact) mass is 373 g/mol.